The molecule has 0 bridgehead atoms. The molecule has 0 saturated carbocycles. The number of anilines is 1. The van der Waals surface area contributed by atoms with E-state index in [2.05, 4.69) is 54.1 Å². The first kappa shape index (κ1) is 16.4. The van der Waals surface area contributed by atoms with Gasteiger partial charge in [-0.2, -0.15) is 0 Å². The molecule has 0 radical (unpaired) electrons. The molecule has 0 aromatic carbocycles. The van der Waals surface area contributed by atoms with Crippen LogP contribution in [0.5, 0.6) is 0 Å². The second-order valence-electron chi connectivity index (χ2n) is 5.53. The highest BCUT2D eigenvalue weighted by atomic mass is 127. The number of hydrogen-bond acceptors (Lipinski definition) is 3. The lowest BCUT2D eigenvalue weighted by Gasteiger charge is -2.15. The van der Waals surface area contributed by atoms with E-state index in [1.54, 1.807) is 23.1 Å². The molecule has 2 rings (SSSR count). The molecule has 1 aromatic rings. The van der Waals surface area contributed by atoms with Crippen LogP contribution in [0.1, 0.15) is 44.4 Å². The zero-order valence-corrected chi connectivity index (χ0v) is 15.8. The van der Waals surface area contributed by atoms with Gasteiger partial charge in [0, 0.05) is 16.2 Å². The molecule has 5 heteroatoms. The number of carbonyl (C=O) groups excluding carboxylic acids is 1. The normalized spacial score (nSPS) is 16.9. The summed E-state index contributed by atoms with van der Waals surface area (Å²) in [6.45, 7) is 6.73. The minimum absolute atomic E-state index is 0.0794. The Hall–Kier alpha value is -0.0100. The lowest BCUT2D eigenvalue weighted by Crippen LogP contribution is -2.15. The molecule has 0 spiro atoms. The minimum atomic E-state index is 0.0794. The Morgan fingerprint density at radius 2 is 2.20 bits per heavy atom. The summed E-state index contributed by atoms with van der Waals surface area (Å²) in [7, 11) is 0. The third-order valence-corrected chi connectivity index (χ3v) is 6.95. The molecule has 1 aliphatic rings. The summed E-state index contributed by atoms with van der Waals surface area (Å²) in [4.78, 5) is 13.6. The van der Waals surface area contributed by atoms with Crippen LogP contribution in [0.25, 0.3) is 0 Å². The SMILES string of the molecule is CC(C)CC(C)c1sccc1NC(=O)C1=C(I)SCC1. The van der Waals surface area contributed by atoms with E-state index in [0.717, 1.165) is 32.8 Å². The van der Waals surface area contributed by atoms with Crippen molar-refractivity contribution < 1.29 is 4.79 Å². The van der Waals surface area contributed by atoms with Crippen LogP contribution in [-0.4, -0.2) is 11.7 Å². The number of thioether (sulfide) groups is 1. The zero-order chi connectivity index (χ0) is 14.7. The van der Waals surface area contributed by atoms with E-state index in [-0.39, 0.29) is 5.91 Å². The van der Waals surface area contributed by atoms with E-state index < -0.39 is 0 Å². The fourth-order valence-corrected chi connectivity index (χ4v) is 5.40. The van der Waals surface area contributed by atoms with E-state index in [9.17, 15) is 4.79 Å². The van der Waals surface area contributed by atoms with Gasteiger partial charge in [0.25, 0.3) is 5.91 Å². The van der Waals surface area contributed by atoms with Gasteiger partial charge in [-0.3, -0.25) is 4.79 Å². The third-order valence-electron chi connectivity index (χ3n) is 3.31. The molecule has 1 aliphatic heterocycles. The lowest BCUT2D eigenvalue weighted by atomic mass is 9.97. The van der Waals surface area contributed by atoms with Crippen LogP contribution in [0.2, 0.25) is 0 Å². The molecular weight excluding hydrogens is 401 g/mol. The van der Waals surface area contributed by atoms with E-state index >= 15 is 0 Å². The predicted octanol–water partition coefficient (Wildman–Crippen LogP) is 5.62. The summed E-state index contributed by atoms with van der Waals surface area (Å²) in [6.07, 6.45) is 2.04. The molecule has 2 nitrogen and oxygen atoms in total. The van der Waals surface area contributed by atoms with Gasteiger partial charge in [-0.05, 0) is 58.7 Å². The Labute approximate surface area is 142 Å². The molecule has 0 aliphatic carbocycles. The van der Waals surface area contributed by atoms with Gasteiger partial charge < -0.3 is 5.32 Å². The van der Waals surface area contributed by atoms with Gasteiger partial charge in [0.1, 0.15) is 0 Å². The molecule has 1 N–H and O–H groups in total. The zero-order valence-electron chi connectivity index (χ0n) is 12.0. The molecule has 1 amide bonds. The molecule has 0 fully saturated rings. The van der Waals surface area contributed by atoms with Gasteiger partial charge in [-0.15, -0.1) is 23.1 Å². The van der Waals surface area contributed by atoms with E-state index in [1.165, 1.54) is 4.88 Å². The molecule has 1 atom stereocenters. The van der Waals surface area contributed by atoms with E-state index in [4.69, 9.17) is 0 Å². The van der Waals surface area contributed by atoms with Gasteiger partial charge in [0.2, 0.25) is 0 Å². The first-order valence-corrected chi connectivity index (χ1v) is 9.83. The summed E-state index contributed by atoms with van der Waals surface area (Å²) >= 11 is 5.79. The van der Waals surface area contributed by atoms with Crippen LogP contribution in [0.15, 0.2) is 19.9 Å². The number of amides is 1. The van der Waals surface area contributed by atoms with E-state index in [1.807, 2.05) is 6.07 Å². The molecule has 1 aromatic heterocycles. The molecule has 110 valence electrons. The fourth-order valence-electron chi connectivity index (χ4n) is 2.45. The lowest BCUT2D eigenvalue weighted by molar-refractivity contribution is -0.112. The van der Waals surface area contributed by atoms with Crippen LogP contribution < -0.4 is 5.32 Å². The first-order valence-electron chi connectivity index (χ1n) is 6.89. The first-order chi connectivity index (χ1) is 9.49. The standard InChI is InChI=1S/C15H20INOS2/c1-9(2)8-10(3)13-12(5-7-19-13)17-15(18)11-4-6-20-14(11)16/h5,7,9-10H,4,6,8H2,1-3H3,(H,17,18). The van der Waals surface area contributed by atoms with Crippen molar-refractivity contribution in [1.29, 1.82) is 0 Å². The van der Waals surface area contributed by atoms with Crippen molar-refractivity contribution in [2.75, 3.05) is 11.1 Å². The highest BCUT2D eigenvalue weighted by molar-refractivity contribution is 14.1. The number of hydrogen-bond donors (Lipinski definition) is 1. The summed E-state index contributed by atoms with van der Waals surface area (Å²) in [5, 5.41) is 5.19. The van der Waals surface area contributed by atoms with Crippen LogP contribution in [0, 0.1) is 5.92 Å². The van der Waals surface area contributed by atoms with Gasteiger partial charge in [0.05, 0.1) is 8.60 Å². The minimum Gasteiger partial charge on any atom is -0.321 e. The largest absolute Gasteiger partial charge is 0.321 e. The highest BCUT2D eigenvalue weighted by Gasteiger charge is 2.22. The fraction of sp³-hybridized carbons (Fsp3) is 0.533. The Morgan fingerprint density at radius 1 is 1.45 bits per heavy atom. The third kappa shape index (κ3) is 4.01. The van der Waals surface area contributed by atoms with Gasteiger partial charge in [-0.25, -0.2) is 0 Å². The number of rotatable bonds is 5. The van der Waals surface area contributed by atoms with Crippen LogP contribution in [0.4, 0.5) is 5.69 Å². The van der Waals surface area contributed by atoms with E-state index in [0.29, 0.717) is 11.8 Å². The summed E-state index contributed by atoms with van der Waals surface area (Å²) < 4.78 is 1.15. The Morgan fingerprint density at radius 3 is 2.80 bits per heavy atom. The van der Waals surface area contributed by atoms with Crippen molar-refractivity contribution in [1.82, 2.24) is 0 Å². The van der Waals surface area contributed by atoms with Gasteiger partial charge in [0.15, 0.2) is 0 Å². The van der Waals surface area contributed by atoms with Crippen molar-refractivity contribution in [2.45, 2.75) is 39.5 Å². The maximum atomic E-state index is 12.3. The van der Waals surface area contributed by atoms with Crippen LogP contribution >= 0.6 is 45.7 Å². The predicted molar refractivity (Wildman–Crippen MR) is 98.9 cm³/mol. The molecule has 20 heavy (non-hydrogen) atoms. The second kappa shape index (κ2) is 7.31. The summed E-state index contributed by atoms with van der Waals surface area (Å²) in [6, 6.07) is 2.03. The molecule has 0 saturated heterocycles. The number of nitrogens with one attached hydrogen (secondary N) is 1. The van der Waals surface area contributed by atoms with Crippen molar-refractivity contribution >= 4 is 57.3 Å². The topological polar surface area (TPSA) is 29.1 Å². The van der Waals surface area contributed by atoms with Crippen LogP contribution in [0.3, 0.4) is 0 Å². The molecule has 2 heterocycles. The van der Waals surface area contributed by atoms with Crippen molar-refractivity contribution in [2.24, 2.45) is 5.92 Å². The number of carbonyl (C=O) groups is 1. The average Bonchev–Trinajstić information content (AvgIpc) is 2.96. The Balaban J connectivity index is 2.09. The van der Waals surface area contributed by atoms with Gasteiger partial charge in [-0.1, -0.05) is 20.8 Å². The second-order valence-corrected chi connectivity index (χ2v) is 9.40. The summed E-state index contributed by atoms with van der Waals surface area (Å²) in [5.41, 5.74) is 1.95. The quantitative estimate of drug-likeness (QED) is 0.626. The van der Waals surface area contributed by atoms with Crippen LogP contribution in [-0.2, 0) is 4.79 Å². The molecular formula is C15H20INOS2. The highest BCUT2D eigenvalue weighted by Crippen LogP contribution is 2.38. The Bertz CT molecular complexity index is 522. The molecule has 1 unspecified atom stereocenters. The smallest absolute Gasteiger partial charge is 0.253 e. The maximum absolute atomic E-state index is 12.3. The summed E-state index contributed by atoms with van der Waals surface area (Å²) in [5.74, 6) is 2.28. The van der Waals surface area contributed by atoms with Gasteiger partial charge >= 0.3 is 0 Å². The monoisotopic (exact) mass is 421 g/mol. The Kier molecular flexibility index (Phi) is 5.98. The maximum Gasteiger partial charge on any atom is 0.253 e. The van der Waals surface area contributed by atoms with Crippen molar-refractivity contribution in [3.05, 3.63) is 24.8 Å². The van der Waals surface area contributed by atoms with Crippen molar-refractivity contribution in [3.63, 3.8) is 0 Å². The number of halogens is 1. The number of thiophene rings is 1. The average molecular weight is 421 g/mol. The van der Waals surface area contributed by atoms with Crippen molar-refractivity contribution in [3.8, 4) is 0 Å².